The van der Waals surface area contributed by atoms with Crippen LogP contribution in [0, 0.1) is 0 Å². The van der Waals surface area contributed by atoms with Gasteiger partial charge in [-0.15, -0.1) is 0 Å². The largest absolute Gasteiger partial charge is 0.488 e. The second-order valence-electron chi connectivity index (χ2n) is 4.35. The van der Waals surface area contributed by atoms with Crippen molar-refractivity contribution in [3.05, 3.63) is 36.6 Å². The molecule has 0 bridgehead atoms. The highest BCUT2D eigenvalue weighted by atomic mass is 16.7. The van der Waals surface area contributed by atoms with Crippen LogP contribution in [0.1, 0.15) is 19.8 Å². The molecule has 0 aromatic rings. The van der Waals surface area contributed by atoms with Crippen LogP contribution in [0.2, 0.25) is 0 Å². The highest BCUT2D eigenvalue weighted by molar-refractivity contribution is 5.32. The third kappa shape index (κ3) is 11.9. The third-order valence-electron chi connectivity index (χ3n) is 2.43. The Hall–Kier alpha value is -1.63. The molecule has 0 aromatic carbocycles. The molecule has 1 aliphatic heterocycles. The van der Waals surface area contributed by atoms with E-state index in [-0.39, 0.29) is 18.8 Å². The van der Waals surface area contributed by atoms with Crippen LogP contribution in [-0.2, 0) is 19.0 Å². The maximum atomic E-state index is 8.36. The zero-order valence-corrected chi connectivity index (χ0v) is 12.4. The molecule has 21 heavy (non-hydrogen) atoms. The van der Waals surface area contributed by atoms with Crippen LogP contribution in [0.15, 0.2) is 36.6 Å². The summed E-state index contributed by atoms with van der Waals surface area (Å²) in [6.07, 6.45) is 9.14. The number of hydrogen-bond acceptors (Lipinski definition) is 5. The predicted octanol–water partition coefficient (Wildman–Crippen LogP) is 1.83. The maximum absolute atomic E-state index is 8.36. The quantitative estimate of drug-likeness (QED) is 0.404. The molecule has 6 nitrogen and oxygen atoms in total. The number of carbonyl (C=O) groups is 1. The summed E-state index contributed by atoms with van der Waals surface area (Å²) in [5, 5.41) is 6.89. The van der Waals surface area contributed by atoms with Crippen LogP contribution >= 0.6 is 0 Å². The lowest BCUT2D eigenvalue weighted by atomic mass is 10.2. The van der Waals surface area contributed by atoms with Crippen molar-refractivity contribution >= 4 is 6.47 Å². The van der Waals surface area contributed by atoms with E-state index in [1.54, 1.807) is 6.08 Å². The zero-order chi connectivity index (χ0) is 15.9. The summed E-state index contributed by atoms with van der Waals surface area (Å²) < 4.78 is 16.2. The van der Waals surface area contributed by atoms with Gasteiger partial charge in [0.2, 0.25) is 0 Å². The maximum Gasteiger partial charge on any atom is 0.290 e. The predicted molar refractivity (Wildman–Crippen MR) is 80.6 cm³/mol. The number of allylic oxidation sites excluding steroid dienone is 4. The van der Waals surface area contributed by atoms with Crippen LogP contribution in [0.25, 0.3) is 0 Å². The Bertz CT molecular complexity index is 333. The molecule has 1 heterocycles. The molecule has 6 heteroatoms. The van der Waals surface area contributed by atoms with Crippen LogP contribution in [0.5, 0.6) is 0 Å². The van der Waals surface area contributed by atoms with Crippen molar-refractivity contribution in [2.45, 2.75) is 32.1 Å². The van der Waals surface area contributed by atoms with E-state index in [1.807, 2.05) is 19.1 Å². The second-order valence-corrected chi connectivity index (χ2v) is 4.35. The SMILES string of the molecule is C=C/C=C(\C=C/CCC(C)N)OCC1OCCO1.O=CO. The minimum atomic E-state index is -0.254. The summed E-state index contributed by atoms with van der Waals surface area (Å²) in [6, 6.07) is 0.225. The number of rotatable bonds is 8. The minimum Gasteiger partial charge on any atom is -0.488 e. The summed E-state index contributed by atoms with van der Waals surface area (Å²) in [4.78, 5) is 8.36. The topological polar surface area (TPSA) is 91.0 Å². The second kappa shape index (κ2) is 13.4. The first-order valence-electron chi connectivity index (χ1n) is 6.82. The van der Waals surface area contributed by atoms with E-state index >= 15 is 0 Å². The van der Waals surface area contributed by atoms with Crippen molar-refractivity contribution in [2.24, 2.45) is 5.73 Å². The monoisotopic (exact) mass is 299 g/mol. The van der Waals surface area contributed by atoms with E-state index in [1.165, 1.54) is 0 Å². The van der Waals surface area contributed by atoms with Crippen molar-refractivity contribution < 1.29 is 24.1 Å². The molecule has 0 spiro atoms. The van der Waals surface area contributed by atoms with Gasteiger partial charge in [0.15, 0.2) is 6.29 Å². The molecular weight excluding hydrogens is 274 g/mol. The Morgan fingerprint density at radius 3 is 2.67 bits per heavy atom. The van der Waals surface area contributed by atoms with E-state index in [9.17, 15) is 0 Å². The van der Waals surface area contributed by atoms with Crippen molar-refractivity contribution in [1.29, 1.82) is 0 Å². The van der Waals surface area contributed by atoms with Crippen LogP contribution < -0.4 is 5.73 Å². The first-order chi connectivity index (χ1) is 10.1. The van der Waals surface area contributed by atoms with Gasteiger partial charge in [-0.05, 0) is 31.9 Å². The summed E-state index contributed by atoms with van der Waals surface area (Å²) in [5.41, 5.74) is 5.68. The summed E-state index contributed by atoms with van der Waals surface area (Å²) >= 11 is 0. The molecule has 1 saturated heterocycles. The van der Waals surface area contributed by atoms with E-state index < -0.39 is 0 Å². The van der Waals surface area contributed by atoms with Gasteiger partial charge in [0, 0.05) is 6.04 Å². The minimum absolute atomic E-state index is 0.225. The van der Waals surface area contributed by atoms with Gasteiger partial charge in [0.25, 0.3) is 6.47 Å². The smallest absolute Gasteiger partial charge is 0.290 e. The molecule has 1 aliphatic rings. The van der Waals surface area contributed by atoms with Crippen molar-refractivity contribution in [1.82, 2.24) is 0 Å². The molecule has 1 unspecified atom stereocenters. The molecule has 3 N–H and O–H groups in total. The molecule has 0 aromatic heterocycles. The standard InChI is InChI=1S/C14H23NO3.CH2O2/c1-3-6-13(8-5-4-7-12(2)15)18-11-14-16-9-10-17-14;2-1-3/h3,5-6,8,12,14H,1,4,7,9-11,15H2,2H3;1H,(H,2,3)/b8-5-,13-6+;. The Balaban J connectivity index is 0.00000122. The van der Waals surface area contributed by atoms with Crippen molar-refractivity contribution in [3.8, 4) is 0 Å². The molecule has 0 amide bonds. The molecular formula is C15H25NO5. The molecule has 1 atom stereocenters. The highest BCUT2D eigenvalue weighted by Gasteiger charge is 2.16. The van der Waals surface area contributed by atoms with Crippen LogP contribution in [0.4, 0.5) is 0 Å². The van der Waals surface area contributed by atoms with E-state index in [0.717, 1.165) is 18.6 Å². The molecule has 0 saturated carbocycles. The van der Waals surface area contributed by atoms with Gasteiger partial charge in [-0.2, -0.15) is 0 Å². The summed E-state index contributed by atoms with van der Waals surface area (Å²) in [5.74, 6) is 0.758. The lowest BCUT2D eigenvalue weighted by molar-refractivity contribution is -0.122. The Morgan fingerprint density at radius 1 is 1.52 bits per heavy atom. The first-order valence-corrected chi connectivity index (χ1v) is 6.82. The fraction of sp³-hybridized carbons (Fsp3) is 0.533. The van der Waals surface area contributed by atoms with Gasteiger partial charge >= 0.3 is 0 Å². The van der Waals surface area contributed by atoms with E-state index in [4.69, 9.17) is 29.8 Å². The van der Waals surface area contributed by atoms with E-state index in [2.05, 4.69) is 12.7 Å². The lowest BCUT2D eigenvalue weighted by Gasteiger charge is -2.11. The Labute approximate surface area is 125 Å². The number of carboxylic acid groups (broad SMARTS) is 1. The lowest BCUT2D eigenvalue weighted by Crippen LogP contribution is -2.15. The third-order valence-corrected chi connectivity index (χ3v) is 2.43. The molecule has 1 rings (SSSR count). The number of ether oxygens (including phenoxy) is 3. The fourth-order valence-electron chi connectivity index (χ4n) is 1.49. The van der Waals surface area contributed by atoms with Gasteiger partial charge in [-0.3, -0.25) is 4.79 Å². The first kappa shape index (κ1) is 19.4. The Morgan fingerprint density at radius 2 is 2.14 bits per heavy atom. The van der Waals surface area contributed by atoms with Gasteiger partial charge in [-0.25, -0.2) is 0 Å². The van der Waals surface area contributed by atoms with Crippen molar-refractivity contribution in [2.75, 3.05) is 19.8 Å². The van der Waals surface area contributed by atoms with Gasteiger partial charge < -0.3 is 25.1 Å². The zero-order valence-electron chi connectivity index (χ0n) is 12.4. The van der Waals surface area contributed by atoms with Gasteiger partial charge in [0.1, 0.15) is 12.4 Å². The fourth-order valence-corrected chi connectivity index (χ4v) is 1.49. The average Bonchev–Trinajstić information content (AvgIpc) is 2.94. The van der Waals surface area contributed by atoms with Gasteiger partial charge in [0.05, 0.1) is 13.2 Å². The summed E-state index contributed by atoms with van der Waals surface area (Å²) in [7, 11) is 0. The van der Waals surface area contributed by atoms with E-state index in [0.29, 0.717) is 19.8 Å². The van der Waals surface area contributed by atoms with Gasteiger partial charge in [-0.1, -0.05) is 18.7 Å². The van der Waals surface area contributed by atoms with Crippen molar-refractivity contribution in [3.63, 3.8) is 0 Å². The molecule has 120 valence electrons. The molecule has 1 fully saturated rings. The molecule has 0 radical (unpaired) electrons. The average molecular weight is 299 g/mol. The Kier molecular flexibility index (Phi) is 12.3. The normalized spacial score (nSPS) is 17.1. The van der Waals surface area contributed by atoms with Crippen LogP contribution in [0.3, 0.4) is 0 Å². The highest BCUT2D eigenvalue weighted by Crippen LogP contribution is 2.09. The number of nitrogens with two attached hydrogens (primary N) is 1. The molecule has 0 aliphatic carbocycles. The summed E-state index contributed by atoms with van der Waals surface area (Å²) in [6.45, 7) is 7.09. The van der Waals surface area contributed by atoms with Crippen LogP contribution in [-0.4, -0.2) is 43.7 Å². The number of hydrogen-bond donors (Lipinski definition) is 2.